The van der Waals surface area contributed by atoms with Gasteiger partial charge in [0.2, 0.25) is 0 Å². The fourth-order valence-corrected chi connectivity index (χ4v) is 3.84. The first-order valence-corrected chi connectivity index (χ1v) is 8.61. The molecule has 1 heterocycles. The average molecular weight is 337 g/mol. The van der Waals surface area contributed by atoms with Crippen molar-refractivity contribution in [3.8, 4) is 5.69 Å². The van der Waals surface area contributed by atoms with E-state index < -0.39 is 7.12 Å². The molecule has 4 heteroatoms. The van der Waals surface area contributed by atoms with Gasteiger partial charge in [0.05, 0.1) is 11.0 Å². The van der Waals surface area contributed by atoms with Gasteiger partial charge in [0.15, 0.2) is 0 Å². The second-order valence-corrected chi connectivity index (χ2v) is 6.50. The number of rotatable bonds is 2. The maximum absolute atomic E-state index is 9.56. The Bertz CT molecular complexity index is 1270. The van der Waals surface area contributed by atoms with Gasteiger partial charge >= 0.3 is 7.12 Å². The van der Waals surface area contributed by atoms with Crippen molar-refractivity contribution in [1.82, 2.24) is 4.57 Å². The van der Waals surface area contributed by atoms with E-state index in [2.05, 4.69) is 59.2 Å². The van der Waals surface area contributed by atoms with Crippen LogP contribution in [0.1, 0.15) is 0 Å². The van der Waals surface area contributed by atoms with Crippen LogP contribution >= 0.6 is 0 Å². The molecule has 1 aromatic heterocycles. The molecule has 4 aromatic carbocycles. The van der Waals surface area contributed by atoms with Crippen LogP contribution in [0.5, 0.6) is 0 Å². The molecule has 0 spiro atoms. The Morgan fingerprint density at radius 1 is 0.654 bits per heavy atom. The highest BCUT2D eigenvalue weighted by molar-refractivity contribution is 6.58. The number of benzene rings is 4. The molecular formula is C22H16BNO2. The van der Waals surface area contributed by atoms with E-state index in [0.717, 1.165) is 16.7 Å². The third-order valence-electron chi connectivity index (χ3n) is 4.99. The molecule has 0 saturated heterocycles. The minimum Gasteiger partial charge on any atom is -0.423 e. The first kappa shape index (κ1) is 15.2. The summed E-state index contributed by atoms with van der Waals surface area (Å²) in [5, 5.41) is 24.0. The van der Waals surface area contributed by atoms with Crippen molar-refractivity contribution in [2.75, 3.05) is 0 Å². The fourth-order valence-electron chi connectivity index (χ4n) is 3.84. The second-order valence-electron chi connectivity index (χ2n) is 6.50. The third-order valence-corrected chi connectivity index (χ3v) is 4.99. The van der Waals surface area contributed by atoms with Gasteiger partial charge in [0.1, 0.15) is 0 Å². The Morgan fingerprint density at radius 2 is 1.42 bits per heavy atom. The smallest absolute Gasteiger partial charge is 0.423 e. The van der Waals surface area contributed by atoms with Crippen LogP contribution in [-0.2, 0) is 0 Å². The second kappa shape index (κ2) is 5.73. The van der Waals surface area contributed by atoms with Gasteiger partial charge in [-0.05, 0) is 40.5 Å². The zero-order valence-corrected chi connectivity index (χ0v) is 14.0. The molecule has 0 radical (unpaired) electrons. The van der Waals surface area contributed by atoms with Crippen molar-refractivity contribution in [2.24, 2.45) is 0 Å². The highest BCUT2D eigenvalue weighted by atomic mass is 16.4. The molecule has 2 N–H and O–H groups in total. The fraction of sp³-hybridized carbons (Fsp3) is 0. The highest BCUT2D eigenvalue weighted by Gasteiger charge is 2.16. The van der Waals surface area contributed by atoms with Gasteiger partial charge in [-0.1, -0.05) is 60.7 Å². The molecule has 0 aliphatic heterocycles. The molecule has 0 bridgehead atoms. The first-order valence-electron chi connectivity index (χ1n) is 8.61. The Labute approximate surface area is 150 Å². The Hall–Kier alpha value is -3.08. The molecular weight excluding hydrogens is 321 g/mol. The van der Waals surface area contributed by atoms with Gasteiger partial charge in [-0.15, -0.1) is 0 Å². The van der Waals surface area contributed by atoms with Crippen molar-refractivity contribution in [3.63, 3.8) is 0 Å². The molecule has 0 atom stereocenters. The minimum absolute atomic E-state index is 0.481. The first-order chi connectivity index (χ1) is 12.7. The molecule has 0 fully saturated rings. The molecule has 0 saturated carbocycles. The van der Waals surface area contributed by atoms with Crippen molar-refractivity contribution in [1.29, 1.82) is 0 Å². The molecule has 5 rings (SSSR count). The van der Waals surface area contributed by atoms with E-state index in [4.69, 9.17) is 0 Å². The summed E-state index contributed by atoms with van der Waals surface area (Å²) in [4.78, 5) is 0. The lowest BCUT2D eigenvalue weighted by atomic mass is 9.80. The van der Waals surface area contributed by atoms with Gasteiger partial charge in [-0.25, -0.2) is 0 Å². The van der Waals surface area contributed by atoms with Crippen molar-refractivity contribution in [2.45, 2.75) is 0 Å². The van der Waals surface area contributed by atoms with E-state index in [1.54, 1.807) is 6.07 Å². The summed E-state index contributed by atoms with van der Waals surface area (Å²) >= 11 is 0. The monoisotopic (exact) mass is 337 g/mol. The molecule has 0 aliphatic rings. The summed E-state index contributed by atoms with van der Waals surface area (Å²) in [6, 6.07) is 28.4. The predicted octanol–water partition coefficient (Wildman–Crippen LogP) is 3.62. The topological polar surface area (TPSA) is 45.4 Å². The lowest BCUT2D eigenvalue weighted by Gasteiger charge is -2.10. The van der Waals surface area contributed by atoms with Crippen LogP contribution in [0, 0.1) is 0 Å². The highest BCUT2D eigenvalue weighted by Crippen LogP contribution is 2.36. The quantitative estimate of drug-likeness (QED) is 0.483. The summed E-state index contributed by atoms with van der Waals surface area (Å²) in [6.45, 7) is 0. The van der Waals surface area contributed by atoms with Crippen LogP contribution in [0.3, 0.4) is 0 Å². The molecule has 0 unspecified atom stereocenters. The lowest BCUT2D eigenvalue weighted by molar-refractivity contribution is 0.426. The minimum atomic E-state index is -1.48. The van der Waals surface area contributed by atoms with Crippen molar-refractivity contribution in [3.05, 3.63) is 84.9 Å². The molecule has 0 aliphatic carbocycles. The van der Waals surface area contributed by atoms with E-state index in [0.29, 0.717) is 5.46 Å². The van der Waals surface area contributed by atoms with E-state index >= 15 is 0 Å². The number of hydrogen-bond donors (Lipinski definition) is 2. The van der Waals surface area contributed by atoms with Crippen LogP contribution in [0.2, 0.25) is 0 Å². The number of hydrogen-bond acceptors (Lipinski definition) is 2. The van der Waals surface area contributed by atoms with Gasteiger partial charge in [0, 0.05) is 16.5 Å². The van der Waals surface area contributed by atoms with Gasteiger partial charge < -0.3 is 14.6 Å². The van der Waals surface area contributed by atoms with Crippen LogP contribution in [-0.4, -0.2) is 21.7 Å². The summed E-state index contributed by atoms with van der Waals surface area (Å²) in [5.74, 6) is 0. The number of aromatic nitrogens is 1. The van der Waals surface area contributed by atoms with E-state index in [9.17, 15) is 10.0 Å². The summed E-state index contributed by atoms with van der Waals surface area (Å²) in [7, 11) is -1.48. The molecule has 124 valence electrons. The third kappa shape index (κ3) is 2.17. The Morgan fingerprint density at radius 3 is 2.27 bits per heavy atom. The predicted molar refractivity (Wildman–Crippen MR) is 108 cm³/mol. The summed E-state index contributed by atoms with van der Waals surface area (Å²) in [6.07, 6.45) is 0. The van der Waals surface area contributed by atoms with Crippen molar-refractivity contribution < 1.29 is 10.0 Å². The SMILES string of the molecule is OB(O)c1cccc(-n2c3ccccc3c3c4ccccc4ccc32)c1. The maximum Gasteiger partial charge on any atom is 0.488 e. The number of nitrogens with zero attached hydrogens (tertiary/aromatic N) is 1. The lowest BCUT2D eigenvalue weighted by Crippen LogP contribution is -2.29. The van der Waals surface area contributed by atoms with Crippen LogP contribution < -0.4 is 5.46 Å². The molecule has 26 heavy (non-hydrogen) atoms. The van der Waals surface area contributed by atoms with Crippen molar-refractivity contribution >= 4 is 45.2 Å². The van der Waals surface area contributed by atoms with Crippen LogP contribution in [0.4, 0.5) is 0 Å². The Kier molecular flexibility index (Phi) is 3.35. The van der Waals surface area contributed by atoms with E-state index in [-0.39, 0.29) is 0 Å². The number of fused-ring (bicyclic) bond motifs is 5. The van der Waals surface area contributed by atoms with E-state index in [1.807, 2.05) is 24.3 Å². The van der Waals surface area contributed by atoms with Gasteiger partial charge in [-0.2, -0.15) is 0 Å². The average Bonchev–Trinajstić information content (AvgIpc) is 3.03. The van der Waals surface area contributed by atoms with Gasteiger partial charge in [-0.3, -0.25) is 0 Å². The maximum atomic E-state index is 9.56. The Balaban J connectivity index is 1.96. The van der Waals surface area contributed by atoms with E-state index in [1.165, 1.54) is 21.5 Å². The number of para-hydroxylation sites is 1. The largest absolute Gasteiger partial charge is 0.488 e. The van der Waals surface area contributed by atoms with Gasteiger partial charge in [0.25, 0.3) is 0 Å². The summed E-state index contributed by atoms with van der Waals surface area (Å²) in [5.41, 5.74) is 3.60. The molecule has 3 nitrogen and oxygen atoms in total. The normalized spacial score (nSPS) is 11.5. The van der Waals surface area contributed by atoms with Crippen LogP contribution in [0.15, 0.2) is 84.9 Å². The standard InChI is InChI=1S/C22H16BNO2/c25-23(26)16-7-5-8-17(14-16)24-20-11-4-3-10-19(20)22-18-9-2-1-6-15(18)12-13-21(22)24/h1-14,25-26H. The molecule has 5 aromatic rings. The zero-order chi connectivity index (χ0) is 17.7. The van der Waals surface area contributed by atoms with Crippen LogP contribution in [0.25, 0.3) is 38.3 Å². The molecule has 0 amide bonds. The zero-order valence-electron chi connectivity index (χ0n) is 14.0. The summed E-state index contributed by atoms with van der Waals surface area (Å²) < 4.78 is 2.18.